The number of rotatable bonds is 1. The first-order valence-corrected chi connectivity index (χ1v) is 5.22. The van der Waals surface area contributed by atoms with Crippen molar-refractivity contribution in [2.24, 2.45) is 0 Å². The molecule has 0 unspecified atom stereocenters. The van der Waals surface area contributed by atoms with Crippen LogP contribution in [0.25, 0.3) is 11.0 Å². The van der Waals surface area contributed by atoms with E-state index in [0.717, 1.165) is 0 Å². The molecule has 3 rings (SSSR count). The van der Waals surface area contributed by atoms with Crippen LogP contribution in [-0.4, -0.2) is 11.4 Å². The van der Waals surface area contributed by atoms with E-state index in [9.17, 15) is 9.90 Å². The molecule has 0 bridgehead atoms. The summed E-state index contributed by atoms with van der Waals surface area (Å²) >= 11 is 0. The highest BCUT2D eigenvalue weighted by molar-refractivity contribution is 5.82. The van der Waals surface area contributed by atoms with Crippen molar-refractivity contribution in [3.8, 4) is 5.75 Å². The predicted octanol–water partition coefficient (Wildman–Crippen LogP) is 1.89. The minimum Gasteiger partial charge on any atom is -0.507 e. The Morgan fingerprint density at radius 1 is 1.29 bits per heavy atom. The standard InChI is InChI=1S/C12H10O5/c1-6-15-12(16-6)10-5-8(14)11-7(13)3-2-4-9(11)17-10/h2-6,12-13H,1H3. The lowest BCUT2D eigenvalue weighted by atomic mass is 10.2. The van der Waals surface area contributed by atoms with Crippen molar-refractivity contribution in [3.05, 3.63) is 40.2 Å². The van der Waals surface area contributed by atoms with E-state index in [4.69, 9.17) is 13.9 Å². The lowest BCUT2D eigenvalue weighted by Crippen LogP contribution is -2.32. The third kappa shape index (κ3) is 1.60. The van der Waals surface area contributed by atoms with E-state index in [-0.39, 0.29) is 22.9 Å². The van der Waals surface area contributed by atoms with Gasteiger partial charge in [-0.05, 0) is 19.1 Å². The van der Waals surface area contributed by atoms with Crippen molar-refractivity contribution in [2.75, 3.05) is 0 Å². The Morgan fingerprint density at radius 3 is 2.76 bits per heavy atom. The fourth-order valence-corrected chi connectivity index (χ4v) is 1.82. The van der Waals surface area contributed by atoms with E-state index in [0.29, 0.717) is 11.3 Å². The van der Waals surface area contributed by atoms with Crippen LogP contribution < -0.4 is 5.43 Å². The molecule has 1 aliphatic rings. The SMILES string of the molecule is CC1OC(c2cc(=O)c3c(O)cccc3o2)O1. The van der Waals surface area contributed by atoms with Gasteiger partial charge in [-0.3, -0.25) is 4.79 Å². The van der Waals surface area contributed by atoms with Crippen molar-refractivity contribution >= 4 is 11.0 Å². The molecule has 0 aliphatic carbocycles. The monoisotopic (exact) mass is 234 g/mol. The van der Waals surface area contributed by atoms with Gasteiger partial charge in [-0.2, -0.15) is 0 Å². The van der Waals surface area contributed by atoms with E-state index >= 15 is 0 Å². The summed E-state index contributed by atoms with van der Waals surface area (Å²) in [5.41, 5.74) is 0.00496. The van der Waals surface area contributed by atoms with Crippen LogP contribution in [0.5, 0.6) is 5.75 Å². The van der Waals surface area contributed by atoms with Gasteiger partial charge in [-0.1, -0.05) is 6.07 Å². The minimum absolute atomic E-state index is 0.0911. The van der Waals surface area contributed by atoms with E-state index in [2.05, 4.69) is 0 Å². The van der Waals surface area contributed by atoms with Crippen molar-refractivity contribution in [2.45, 2.75) is 19.5 Å². The number of phenols is 1. The third-order valence-corrected chi connectivity index (χ3v) is 2.61. The first kappa shape index (κ1) is 10.3. The van der Waals surface area contributed by atoms with Gasteiger partial charge in [0, 0.05) is 6.07 Å². The maximum Gasteiger partial charge on any atom is 0.222 e. The Labute approximate surface area is 96.2 Å². The molecule has 17 heavy (non-hydrogen) atoms. The maximum atomic E-state index is 11.8. The molecule has 1 aromatic carbocycles. The largest absolute Gasteiger partial charge is 0.507 e. The quantitative estimate of drug-likeness (QED) is 0.815. The lowest BCUT2D eigenvalue weighted by molar-refractivity contribution is -0.387. The summed E-state index contributed by atoms with van der Waals surface area (Å²) in [7, 11) is 0. The molecule has 0 spiro atoms. The number of ether oxygens (including phenoxy) is 2. The number of benzene rings is 1. The van der Waals surface area contributed by atoms with Crippen LogP contribution >= 0.6 is 0 Å². The summed E-state index contributed by atoms with van der Waals surface area (Å²) in [6, 6.07) is 5.94. The Hall–Kier alpha value is -1.85. The van der Waals surface area contributed by atoms with Gasteiger partial charge in [0.25, 0.3) is 0 Å². The van der Waals surface area contributed by atoms with Crippen LogP contribution in [0, 0.1) is 0 Å². The molecule has 1 aromatic heterocycles. The molecule has 2 aromatic rings. The van der Waals surface area contributed by atoms with Gasteiger partial charge in [0.2, 0.25) is 6.29 Å². The number of hydrogen-bond donors (Lipinski definition) is 1. The van der Waals surface area contributed by atoms with E-state index in [1.54, 1.807) is 19.1 Å². The van der Waals surface area contributed by atoms with Crippen molar-refractivity contribution in [1.29, 1.82) is 0 Å². The van der Waals surface area contributed by atoms with Crippen LogP contribution in [0.4, 0.5) is 0 Å². The topological polar surface area (TPSA) is 68.9 Å². The van der Waals surface area contributed by atoms with Crippen molar-refractivity contribution in [1.82, 2.24) is 0 Å². The smallest absolute Gasteiger partial charge is 0.222 e. The normalized spacial score (nSPS) is 23.6. The summed E-state index contributed by atoms with van der Waals surface area (Å²) in [5.74, 6) is 0.220. The number of aromatic hydroxyl groups is 1. The average molecular weight is 234 g/mol. The lowest BCUT2D eigenvalue weighted by Gasteiger charge is -2.32. The average Bonchev–Trinajstić information content (AvgIpc) is 2.24. The molecule has 0 radical (unpaired) electrons. The molecule has 88 valence electrons. The second kappa shape index (κ2) is 3.58. The summed E-state index contributed by atoms with van der Waals surface area (Å²) in [5, 5.41) is 9.74. The van der Waals surface area contributed by atoms with E-state index in [1.165, 1.54) is 12.1 Å². The van der Waals surface area contributed by atoms with Gasteiger partial charge in [0.1, 0.15) is 16.7 Å². The van der Waals surface area contributed by atoms with Gasteiger partial charge in [0.15, 0.2) is 17.5 Å². The minimum atomic E-state index is -0.635. The van der Waals surface area contributed by atoms with Gasteiger partial charge >= 0.3 is 0 Å². The molecule has 0 atom stereocenters. The zero-order valence-electron chi connectivity index (χ0n) is 9.04. The fraction of sp³-hybridized carbons (Fsp3) is 0.250. The molecule has 1 aliphatic heterocycles. The Morgan fingerprint density at radius 2 is 2.06 bits per heavy atom. The summed E-state index contributed by atoms with van der Waals surface area (Å²) in [6.07, 6.45) is -0.922. The van der Waals surface area contributed by atoms with Crippen LogP contribution in [0.2, 0.25) is 0 Å². The van der Waals surface area contributed by atoms with Gasteiger partial charge in [-0.15, -0.1) is 0 Å². The van der Waals surface area contributed by atoms with Crippen LogP contribution in [0.1, 0.15) is 19.0 Å². The molecule has 5 nitrogen and oxygen atoms in total. The second-order valence-corrected chi connectivity index (χ2v) is 3.84. The second-order valence-electron chi connectivity index (χ2n) is 3.84. The number of phenolic OH excluding ortho intramolecular Hbond substituents is 1. The first-order chi connectivity index (χ1) is 8.15. The Balaban J connectivity index is 2.15. The highest BCUT2D eigenvalue weighted by atomic mass is 16.9. The first-order valence-electron chi connectivity index (χ1n) is 5.22. The van der Waals surface area contributed by atoms with Gasteiger partial charge < -0.3 is 19.0 Å². The van der Waals surface area contributed by atoms with Crippen LogP contribution in [-0.2, 0) is 9.47 Å². The number of fused-ring (bicyclic) bond motifs is 1. The predicted molar refractivity (Wildman–Crippen MR) is 58.5 cm³/mol. The van der Waals surface area contributed by atoms with Crippen LogP contribution in [0.15, 0.2) is 33.5 Å². The highest BCUT2D eigenvalue weighted by Gasteiger charge is 2.31. The molecule has 0 saturated carbocycles. The molecule has 1 fully saturated rings. The molecule has 1 N–H and O–H groups in total. The summed E-state index contributed by atoms with van der Waals surface area (Å²) in [6.45, 7) is 1.75. The van der Waals surface area contributed by atoms with Crippen molar-refractivity contribution < 1.29 is 19.0 Å². The van der Waals surface area contributed by atoms with Gasteiger partial charge in [-0.25, -0.2) is 0 Å². The van der Waals surface area contributed by atoms with Gasteiger partial charge in [0.05, 0.1) is 0 Å². The zero-order valence-corrected chi connectivity index (χ0v) is 9.04. The maximum absolute atomic E-state index is 11.8. The highest BCUT2D eigenvalue weighted by Crippen LogP contribution is 2.32. The van der Waals surface area contributed by atoms with E-state index in [1.807, 2.05) is 0 Å². The Kier molecular flexibility index (Phi) is 2.17. The Bertz CT molecular complexity index is 624. The molecular formula is C12H10O5. The van der Waals surface area contributed by atoms with E-state index < -0.39 is 6.29 Å². The molecule has 1 saturated heterocycles. The summed E-state index contributed by atoms with van der Waals surface area (Å²) < 4.78 is 15.9. The molecule has 2 heterocycles. The summed E-state index contributed by atoms with van der Waals surface area (Å²) in [4.78, 5) is 11.8. The molecule has 5 heteroatoms. The fourth-order valence-electron chi connectivity index (χ4n) is 1.82. The molecule has 0 amide bonds. The van der Waals surface area contributed by atoms with Crippen molar-refractivity contribution in [3.63, 3.8) is 0 Å². The molecular weight excluding hydrogens is 224 g/mol. The number of hydrogen-bond acceptors (Lipinski definition) is 5. The van der Waals surface area contributed by atoms with Crippen LogP contribution in [0.3, 0.4) is 0 Å². The third-order valence-electron chi connectivity index (χ3n) is 2.61. The zero-order chi connectivity index (χ0) is 12.0.